The Bertz CT molecular complexity index is 339. The highest BCUT2D eigenvalue weighted by Crippen LogP contribution is 2.20. The van der Waals surface area contributed by atoms with E-state index in [1.165, 1.54) is 141 Å². The van der Waals surface area contributed by atoms with Crippen molar-refractivity contribution >= 4 is 0 Å². The third-order valence-corrected chi connectivity index (χ3v) is 7.52. The normalized spacial score (nSPS) is 14.5. The Morgan fingerprint density at radius 3 is 1.00 bits per heavy atom. The van der Waals surface area contributed by atoms with Crippen molar-refractivity contribution < 1.29 is 4.74 Å². The molecule has 0 fully saturated rings. The maximum Gasteiger partial charge on any atom is 0.0487 e. The predicted octanol–water partition coefficient (Wildman–Crippen LogP) is 11.1. The summed E-state index contributed by atoms with van der Waals surface area (Å²) >= 11 is 0. The van der Waals surface area contributed by atoms with E-state index in [9.17, 15) is 0 Å². The van der Waals surface area contributed by atoms with Gasteiger partial charge in [-0.1, -0.05) is 163 Å². The minimum Gasteiger partial charge on any atom is -0.384 e. The first kappa shape index (κ1) is 32.0. The van der Waals surface area contributed by atoms with E-state index in [0.717, 1.165) is 24.4 Å². The topological polar surface area (TPSA) is 9.23 Å². The van der Waals surface area contributed by atoms with Crippen LogP contribution in [0.5, 0.6) is 0 Å². The molecule has 3 unspecified atom stereocenters. The van der Waals surface area contributed by atoms with Crippen molar-refractivity contribution in [3.63, 3.8) is 0 Å². The van der Waals surface area contributed by atoms with Crippen LogP contribution in [0.1, 0.15) is 169 Å². The predicted molar refractivity (Wildman–Crippen MR) is 147 cm³/mol. The summed E-state index contributed by atoms with van der Waals surface area (Å²) < 4.78 is 5.22. The van der Waals surface area contributed by atoms with Crippen LogP contribution in [-0.2, 0) is 4.74 Å². The average molecular weight is 453 g/mol. The van der Waals surface area contributed by atoms with Gasteiger partial charge in [-0.05, 0) is 24.2 Å². The van der Waals surface area contributed by atoms with E-state index in [2.05, 4.69) is 27.7 Å². The summed E-state index contributed by atoms with van der Waals surface area (Å²) in [7, 11) is 1.82. The Labute approximate surface area is 205 Å². The van der Waals surface area contributed by atoms with Crippen LogP contribution in [0.3, 0.4) is 0 Å². The molecule has 3 atom stereocenters. The van der Waals surface area contributed by atoms with Crippen molar-refractivity contribution in [2.45, 2.75) is 169 Å². The molecule has 0 aromatic heterocycles. The molecular weight excluding hydrogens is 388 g/mol. The Morgan fingerprint density at radius 1 is 0.406 bits per heavy atom. The van der Waals surface area contributed by atoms with Crippen LogP contribution in [0, 0.1) is 17.8 Å². The minimum atomic E-state index is 0.735. The van der Waals surface area contributed by atoms with Crippen LogP contribution in [0.25, 0.3) is 0 Å². The number of hydrogen-bond acceptors (Lipinski definition) is 1. The van der Waals surface area contributed by atoms with Crippen molar-refractivity contribution in [3.05, 3.63) is 0 Å². The summed E-state index contributed by atoms with van der Waals surface area (Å²) in [4.78, 5) is 0. The van der Waals surface area contributed by atoms with Crippen molar-refractivity contribution in [2.24, 2.45) is 17.8 Å². The molecule has 0 aliphatic heterocycles. The highest BCUT2D eigenvalue weighted by Gasteiger charge is 2.04. The fourth-order valence-electron chi connectivity index (χ4n) is 5.24. The van der Waals surface area contributed by atoms with Gasteiger partial charge >= 0.3 is 0 Å². The Kier molecular flexibility index (Phi) is 25.5. The molecule has 0 spiro atoms. The van der Waals surface area contributed by atoms with Crippen molar-refractivity contribution in [2.75, 3.05) is 13.7 Å². The van der Waals surface area contributed by atoms with Gasteiger partial charge in [0.05, 0.1) is 0 Å². The summed E-state index contributed by atoms with van der Waals surface area (Å²) in [5, 5.41) is 0. The van der Waals surface area contributed by atoms with E-state index in [4.69, 9.17) is 4.74 Å². The van der Waals surface area contributed by atoms with Gasteiger partial charge in [0.15, 0.2) is 0 Å². The van der Waals surface area contributed by atoms with Crippen LogP contribution < -0.4 is 0 Å². The summed E-state index contributed by atoms with van der Waals surface area (Å²) in [5.41, 5.74) is 0. The summed E-state index contributed by atoms with van der Waals surface area (Å²) in [6.07, 6.45) is 31.9. The second kappa shape index (κ2) is 25.6. The average Bonchev–Trinajstić information content (AvgIpc) is 2.76. The molecule has 0 aliphatic carbocycles. The summed E-state index contributed by atoms with van der Waals surface area (Å²) in [5.74, 6) is 2.64. The van der Waals surface area contributed by atoms with E-state index in [0.29, 0.717) is 0 Å². The van der Waals surface area contributed by atoms with E-state index >= 15 is 0 Å². The largest absolute Gasteiger partial charge is 0.384 e. The first-order valence-corrected chi connectivity index (χ1v) is 15.1. The molecule has 1 nitrogen and oxygen atoms in total. The third-order valence-electron chi connectivity index (χ3n) is 7.52. The van der Waals surface area contributed by atoms with Crippen LogP contribution in [0.15, 0.2) is 0 Å². The molecule has 0 saturated carbocycles. The monoisotopic (exact) mass is 452 g/mol. The molecule has 32 heavy (non-hydrogen) atoms. The van der Waals surface area contributed by atoms with E-state index in [1.807, 2.05) is 7.11 Å². The third kappa shape index (κ3) is 24.6. The second-order valence-corrected chi connectivity index (χ2v) is 11.4. The van der Waals surface area contributed by atoms with Crippen LogP contribution in [0.4, 0.5) is 0 Å². The zero-order valence-corrected chi connectivity index (χ0v) is 23.4. The summed E-state index contributed by atoms with van der Waals surface area (Å²) in [6, 6.07) is 0. The van der Waals surface area contributed by atoms with Crippen LogP contribution in [-0.4, -0.2) is 13.7 Å². The lowest BCUT2D eigenvalue weighted by molar-refractivity contribution is 0.154. The smallest absolute Gasteiger partial charge is 0.0487 e. The van der Waals surface area contributed by atoms with Gasteiger partial charge in [0.2, 0.25) is 0 Å². The fourth-order valence-corrected chi connectivity index (χ4v) is 5.24. The zero-order chi connectivity index (χ0) is 23.7. The lowest BCUT2D eigenvalue weighted by Crippen LogP contribution is -2.03. The molecule has 0 radical (unpaired) electrons. The van der Waals surface area contributed by atoms with Crippen LogP contribution in [0.2, 0.25) is 0 Å². The van der Waals surface area contributed by atoms with Gasteiger partial charge in [-0.2, -0.15) is 0 Å². The number of methoxy groups -OCH3 is 1. The molecule has 0 N–H and O–H groups in total. The quantitative estimate of drug-likeness (QED) is 0.119. The van der Waals surface area contributed by atoms with Gasteiger partial charge in [-0.3, -0.25) is 0 Å². The maximum atomic E-state index is 5.22. The van der Waals surface area contributed by atoms with E-state index in [-0.39, 0.29) is 0 Å². The molecule has 0 heterocycles. The maximum absolute atomic E-state index is 5.22. The lowest BCUT2D eigenvalue weighted by Gasteiger charge is -2.12. The number of rotatable bonds is 26. The Morgan fingerprint density at radius 2 is 0.688 bits per heavy atom. The molecule has 0 amide bonds. The van der Waals surface area contributed by atoms with Gasteiger partial charge in [-0.25, -0.2) is 0 Å². The molecular formula is C31H64O. The van der Waals surface area contributed by atoms with Gasteiger partial charge in [-0.15, -0.1) is 0 Å². The summed E-state index contributed by atoms with van der Waals surface area (Å²) in [6.45, 7) is 10.5. The molecule has 0 bridgehead atoms. The van der Waals surface area contributed by atoms with Gasteiger partial charge in [0.25, 0.3) is 0 Å². The Balaban J connectivity index is 3.21. The number of ether oxygens (including phenoxy) is 1. The van der Waals surface area contributed by atoms with Crippen LogP contribution >= 0.6 is 0 Å². The fraction of sp³-hybridized carbons (Fsp3) is 1.00. The van der Waals surface area contributed by atoms with Crippen molar-refractivity contribution in [1.29, 1.82) is 0 Å². The number of unbranched alkanes of at least 4 members (excludes halogenated alkanes) is 14. The molecule has 1 heteroatoms. The van der Waals surface area contributed by atoms with E-state index < -0.39 is 0 Å². The SMILES string of the molecule is CCCC(C)CCCCCCCCCCCCCC(C)CCCCCCCC(C)COC. The van der Waals surface area contributed by atoms with Gasteiger partial charge in [0.1, 0.15) is 0 Å². The Hall–Kier alpha value is -0.0400. The van der Waals surface area contributed by atoms with E-state index in [1.54, 1.807) is 0 Å². The molecule has 0 aliphatic rings. The standard InChI is InChI=1S/C31H64O/c1-6-23-29(2)24-19-15-12-10-8-7-9-11-13-16-20-25-30(3)26-21-17-14-18-22-27-31(4)28-32-5/h29-31H,6-28H2,1-5H3. The first-order chi connectivity index (χ1) is 15.6. The van der Waals surface area contributed by atoms with Gasteiger partial charge < -0.3 is 4.74 Å². The highest BCUT2D eigenvalue weighted by molar-refractivity contribution is 4.57. The molecule has 0 rings (SSSR count). The second-order valence-electron chi connectivity index (χ2n) is 11.4. The molecule has 0 aromatic rings. The lowest BCUT2D eigenvalue weighted by atomic mass is 9.95. The van der Waals surface area contributed by atoms with Crippen molar-refractivity contribution in [1.82, 2.24) is 0 Å². The minimum absolute atomic E-state index is 0.735. The first-order valence-electron chi connectivity index (χ1n) is 15.1. The molecule has 0 saturated heterocycles. The molecule has 194 valence electrons. The van der Waals surface area contributed by atoms with Gasteiger partial charge in [0, 0.05) is 13.7 Å². The molecule has 0 aromatic carbocycles. The number of hydrogen-bond donors (Lipinski definition) is 0. The van der Waals surface area contributed by atoms with Crippen molar-refractivity contribution in [3.8, 4) is 0 Å². The highest BCUT2D eigenvalue weighted by atomic mass is 16.5. The zero-order valence-electron chi connectivity index (χ0n) is 23.4.